The van der Waals surface area contributed by atoms with E-state index in [4.69, 9.17) is 9.47 Å². The zero-order chi connectivity index (χ0) is 12.8. The summed E-state index contributed by atoms with van der Waals surface area (Å²) < 4.78 is 10.5. The summed E-state index contributed by atoms with van der Waals surface area (Å²) in [5.74, 6) is 1.14. The van der Waals surface area contributed by atoms with Gasteiger partial charge in [-0.25, -0.2) is 9.97 Å². The zero-order valence-corrected chi connectivity index (χ0v) is 10.8. The van der Waals surface area contributed by atoms with Gasteiger partial charge in [0, 0.05) is 12.6 Å². The van der Waals surface area contributed by atoms with E-state index in [1.54, 1.807) is 14.2 Å². The Balaban J connectivity index is 2.05. The van der Waals surface area contributed by atoms with Gasteiger partial charge in [-0.1, -0.05) is 12.2 Å². The third-order valence-electron chi connectivity index (χ3n) is 3.09. The molecule has 0 fully saturated rings. The summed E-state index contributed by atoms with van der Waals surface area (Å²) in [6, 6.07) is 0.504. The first-order chi connectivity index (χ1) is 8.85. The van der Waals surface area contributed by atoms with E-state index >= 15 is 0 Å². The molecule has 18 heavy (non-hydrogen) atoms. The Hall–Kier alpha value is -1.62. The molecule has 5 nitrogen and oxygen atoms in total. The van der Waals surface area contributed by atoms with Crippen molar-refractivity contribution in [3.8, 4) is 11.8 Å². The molecular weight excluding hydrogens is 230 g/mol. The van der Waals surface area contributed by atoms with Crippen LogP contribution in [0.2, 0.25) is 0 Å². The van der Waals surface area contributed by atoms with Crippen LogP contribution < -0.4 is 14.8 Å². The maximum absolute atomic E-state index is 5.24. The molecule has 0 bridgehead atoms. The van der Waals surface area contributed by atoms with Crippen molar-refractivity contribution in [2.45, 2.75) is 31.8 Å². The number of nitrogens with one attached hydrogen (secondary N) is 1. The molecule has 98 valence electrons. The lowest BCUT2D eigenvalue weighted by Crippen LogP contribution is -2.29. The Morgan fingerprint density at radius 2 is 1.94 bits per heavy atom. The molecule has 1 atom stereocenters. The Labute approximate surface area is 107 Å². The Morgan fingerprint density at radius 1 is 1.22 bits per heavy atom. The van der Waals surface area contributed by atoms with E-state index in [1.807, 2.05) is 0 Å². The molecule has 5 heteroatoms. The smallest absolute Gasteiger partial charge is 0.224 e. The monoisotopic (exact) mass is 249 g/mol. The summed E-state index contributed by atoms with van der Waals surface area (Å²) in [5.41, 5.74) is 0.872. The second kappa shape index (κ2) is 6.35. The zero-order valence-electron chi connectivity index (χ0n) is 10.8. The van der Waals surface area contributed by atoms with Crippen LogP contribution in [0.1, 0.15) is 24.8 Å². The van der Waals surface area contributed by atoms with Gasteiger partial charge in [0.25, 0.3) is 0 Å². The molecule has 1 N–H and O–H groups in total. The summed E-state index contributed by atoms with van der Waals surface area (Å²) in [5, 5.41) is 3.50. The highest BCUT2D eigenvalue weighted by molar-refractivity contribution is 5.34. The number of allylic oxidation sites excluding steroid dienone is 1. The highest BCUT2D eigenvalue weighted by atomic mass is 16.5. The SMILES string of the molecule is COc1ncnc(OC)c1CNC1CC=CCC1. The summed E-state index contributed by atoms with van der Waals surface area (Å²) >= 11 is 0. The number of nitrogens with zero attached hydrogens (tertiary/aromatic N) is 2. The average molecular weight is 249 g/mol. The van der Waals surface area contributed by atoms with Gasteiger partial charge in [-0.3, -0.25) is 0 Å². The van der Waals surface area contributed by atoms with E-state index in [1.165, 1.54) is 6.33 Å². The highest BCUT2D eigenvalue weighted by Gasteiger charge is 2.15. The van der Waals surface area contributed by atoms with Crippen LogP contribution in [0.15, 0.2) is 18.5 Å². The molecule has 1 aromatic rings. The van der Waals surface area contributed by atoms with Crippen molar-refractivity contribution in [3.63, 3.8) is 0 Å². The molecule has 1 unspecified atom stereocenters. The van der Waals surface area contributed by atoms with Crippen LogP contribution in [-0.4, -0.2) is 30.2 Å². The molecule has 0 spiro atoms. The first-order valence-electron chi connectivity index (χ1n) is 6.15. The number of ether oxygens (including phenoxy) is 2. The number of hydrogen-bond acceptors (Lipinski definition) is 5. The highest BCUT2D eigenvalue weighted by Crippen LogP contribution is 2.23. The number of rotatable bonds is 5. The lowest BCUT2D eigenvalue weighted by molar-refractivity contribution is 0.355. The predicted molar refractivity (Wildman–Crippen MR) is 68.8 cm³/mol. The van der Waals surface area contributed by atoms with Crippen LogP contribution in [0, 0.1) is 0 Å². The third kappa shape index (κ3) is 2.98. The maximum atomic E-state index is 5.24. The fraction of sp³-hybridized carbons (Fsp3) is 0.538. The first kappa shape index (κ1) is 12.8. The molecular formula is C13H19N3O2. The number of hydrogen-bond donors (Lipinski definition) is 1. The van der Waals surface area contributed by atoms with Crippen molar-refractivity contribution in [3.05, 3.63) is 24.0 Å². The number of aromatic nitrogens is 2. The van der Waals surface area contributed by atoms with Crippen LogP contribution >= 0.6 is 0 Å². The largest absolute Gasteiger partial charge is 0.481 e. The summed E-state index contributed by atoms with van der Waals surface area (Å²) in [6.07, 6.45) is 9.26. The quantitative estimate of drug-likeness (QED) is 0.805. The maximum Gasteiger partial charge on any atom is 0.224 e. The van der Waals surface area contributed by atoms with E-state index in [-0.39, 0.29) is 0 Å². The first-order valence-corrected chi connectivity index (χ1v) is 6.15. The van der Waals surface area contributed by atoms with Gasteiger partial charge < -0.3 is 14.8 Å². The molecule has 0 saturated carbocycles. The Bertz CT molecular complexity index is 398. The minimum absolute atomic E-state index is 0.504. The van der Waals surface area contributed by atoms with Gasteiger partial charge in [0.1, 0.15) is 6.33 Å². The van der Waals surface area contributed by atoms with Gasteiger partial charge in [-0.2, -0.15) is 0 Å². The number of methoxy groups -OCH3 is 2. The Morgan fingerprint density at radius 3 is 2.50 bits per heavy atom. The van der Waals surface area contributed by atoms with Crippen LogP contribution in [0.4, 0.5) is 0 Å². The lowest BCUT2D eigenvalue weighted by atomic mass is 10.0. The van der Waals surface area contributed by atoms with Crippen molar-refractivity contribution in [2.24, 2.45) is 0 Å². The summed E-state index contributed by atoms with van der Waals surface area (Å²) in [7, 11) is 3.21. The van der Waals surface area contributed by atoms with Crippen LogP contribution in [-0.2, 0) is 6.54 Å². The van der Waals surface area contributed by atoms with E-state index in [0.717, 1.165) is 24.8 Å². The van der Waals surface area contributed by atoms with Crippen LogP contribution in [0.5, 0.6) is 11.8 Å². The Kier molecular flexibility index (Phi) is 4.52. The van der Waals surface area contributed by atoms with Gasteiger partial charge in [-0.05, 0) is 19.3 Å². The fourth-order valence-corrected chi connectivity index (χ4v) is 2.11. The van der Waals surface area contributed by atoms with E-state index < -0.39 is 0 Å². The van der Waals surface area contributed by atoms with E-state index in [2.05, 4.69) is 27.4 Å². The van der Waals surface area contributed by atoms with Gasteiger partial charge >= 0.3 is 0 Å². The predicted octanol–water partition coefficient (Wildman–Crippen LogP) is 1.69. The molecule has 0 aliphatic heterocycles. The standard InChI is InChI=1S/C13H19N3O2/c1-17-12-11(13(18-2)16-9-15-12)8-14-10-6-4-3-5-7-10/h3-4,9-10,14H,5-8H2,1-2H3. The van der Waals surface area contributed by atoms with Crippen molar-refractivity contribution in [1.29, 1.82) is 0 Å². The van der Waals surface area contributed by atoms with Crippen LogP contribution in [0.25, 0.3) is 0 Å². The van der Waals surface area contributed by atoms with Crippen LogP contribution in [0.3, 0.4) is 0 Å². The van der Waals surface area contributed by atoms with Gasteiger partial charge in [0.2, 0.25) is 11.8 Å². The molecule has 2 rings (SSSR count). The molecule has 0 saturated heterocycles. The molecule has 1 aliphatic rings. The normalized spacial score (nSPS) is 18.7. The second-order valence-corrected chi connectivity index (χ2v) is 4.23. The second-order valence-electron chi connectivity index (χ2n) is 4.23. The molecule has 1 heterocycles. The molecule has 0 amide bonds. The summed E-state index contributed by atoms with van der Waals surface area (Å²) in [4.78, 5) is 8.20. The minimum atomic E-state index is 0.504. The van der Waals surface area contributed by atoms with E-state index in [9.17, 15) is 0 Å². The molecule has 1 aliphatic carbocycles. The topological polar surface area (TPSA) is 56.3 Å². The van der Waals surface area contributed by atoms with Crippen molar-refractivity contribution < 1.29 is 9.47 Å². The van der Waals surface area contributed by atoms with Gasteiger partial charge in [0.05, 0.1) is 19.8 Å². The fourth-order valence-electron chi connectivity index (χ4n) is 2.11. The van der Waals surface area contributed by atoms with Crippen molar-refractivity contribution in [2.75, 3.05) is 14.2 Å². The van der Waals surface area contributed by atoms with Crippen molar-refractivity contribution >= 4 is 0 Å². The molecule has 0 aromatic carbocycles. The third-order valence-corrected chi connectivity index (χ3v) is 3.09. The van der Waals surface area contributed by atoms with Gasteiger partial charge in [0.15, 0.2) is 0 Å². The summed E-state index contributed by atoms with van der Waals surface area (Å²) in [6.45, 7) is 0.658. The minimum Gasteiger partial charge on any atom is -0.481 e. The van der Waals surface area contributed by atoms with E-state index in [0.29, 0.717) is 24.3 Å². The van der Waals surface area contributed by atoms with Crippen molar-refractivity contribution in [1.82, 2.24) is 15.3 Å². The molecule has 1 aromatic heterocycles. The van der Waals surface area contributed by atoms with Gasteiger partial charge in [-0.15, -0.1) is 0 Å². The average Bonchev–Trinajstić information content (AvgIpc) is 2.45. The lowest BCUT2D eigenvalue weighted by Gasteiger charge is -2.20. The molecule has 0 radical (unpaired) electrons.